The summed E-state index contributed by atoms with van der Waals surface area (Å²) in [5, 5.41) is 2.82. The van der Waals surface area contributed by atoms with Crippen molar-refractivity contribution in [1.82, 2.24) is 9.80 Å². The largest absolute Gasteiger partial charge is 0.339 e. The van der Waals surface area contributed by atoms with Crippen LogP contribution < -0.4 is 5.32 Å². The lowest BCUT2D eigenvalue weighted by Crippen LogP contribution is -2.50. The maximum absolute atomic E-state index is 12.6. The summed E-state index contributed by atoms with van der Waals surface area (Å²) in [4.78, 5) is 39.3. The molecule has 2 aliphatic heterocycles. The smallest absolute Gasteiger partial charge is 0.253 e. The van der Waals surface area contributed by atoms with Gasteiger partial charge in [-0.1, -0.05) is 6.92 Å². The van der Waals surface area contributed by atoms with Gasteiger partial charge in [-0.3, -0.25) is 14.4 Å². The molecule has 122 valence electrons. The molecule has 0 aliphatic carbocycles. The predicted molar refractivity (Wildman–Crippen MR) is 86.2 cm³/mol. The number of piperazine rings is 1. The van der Waals surface area contributed by atoms with Crippen LogP contribution in [0.2, 0.25) is 0 Å². The van der Waals surface area contributed by atoms with Gasteiger partial charge < -0.3 is 15.1 Å². The van der Waals surface area contributed by atoms with Gasteiger partial charge in [-0.25, -0.2) is 0 Å². The number of anilines is 1. The molecule has 0 bridgehead atoms. The fourth-order valence-electron chi connectivity index (χ4n) is 3.08. The molecule has 1 N–H and O–H groups in total. The van der Waals surface area contributed by atoms with Crippen LogP contribution in [0.15, 0.2) is 18.2 Å². The van der Waals surface area contributed by atoms with E-state index in [-0.39, 0.29) is 17.7 Å². The minimum Gasteiger partial charge on any atom is -0.339 e. The normalized spacial score (nSPS) is 17.5. The molecule has 0 atom stereocenters. The number of nitrogens with zero attached hydrogens (tertiary/aromatic N) is 2. The molecule has 1 fully saturated rings. The molecule has 3 rings (SSSR count). The number of nitrogens with one attached hydrogen (secondary N) is 1. The molecule has 0 saturated carbocycles. The van der Waals surface area contributed by atoms with Crippen molar-refractivity contribution in [3.05, 3.63) is 29.3 Å². The van der Waals surface area contributed by atoms with Gasteiger partial charge in [0.05, 0.1) is 0 Å². The fourth-order valence-corrected chi connectivity index (χ4v) is 3.08. The Morgan fingerprint density at radius 1 is 1.09 bits per heavy atom. The molecular formula is C17H21N3O3. The van der Waals surface area contributed by atoms with Crippen molar-refractivity contribution in [3.8, 4) is 0 Å². The molecular weight excluding hydrogens is 294 g/mol. The van der Waals surface area contributed by atoms with E-state index in [9.17, 15) is 14.4 Å². The van der Waals surface area contributed by atoms with Crippen LogP contribution in [0.25, 0.3) is 0 Å². The maximum Gasteiger partial charge on any atom is 0.253 e. The van der Waals surface area contributed by atoms with E-state index in [1.165, 1.54) is 0 Å². The predicted octanol–water partition coefficient (Wildman–Crippen LogP) is 1.27. The van der Waals surface area contributed by atoms with Gasteiger partial charge >= 0.3 is 0 Å². The first-order valence-corrected chi connectivity index (χ1v) is 8.08. The highest BCUT2D eigenvalue weighted by molar-refractivity contribution is 5.98. The van der Waals surface area contributed by atoms with Crippen molar-refractivity contribution in [2.24, 2.45) is 0 Å². The van der Waals surface area contributed by atoms with E-state index in [1.807, 2.05) is 17.9 Å². The molecule has 1 saturated heterocycles. The Bertz CT molecular complexity index is 648. The number of amides is 3. The standard InChI is InChI=1S/C17H21N3O3/c1-2-16(22)19-7-9-20(10-8-19)17(23)13-3-5-14-12(11-13)4-6-15(21)18-14/h3,5,11H,2,4,6-10H2,1H3,(H,18,21). The molecule has 0 radical (unpaired) electrons. The Balaban J connectivity index is 1.67. The van der Waals surface area contributed by atoms with Crippen LogP contribution in [-0.4, -0.2) is 53.7 Å². The third-order valence-electron chi connectivity index (χ3n) is 4.47. The number of hydrogen-bond acceptors (Lipinski definition) is 3. The van der Waals surface area contributed by atoms with Crippen molar-refractivity contribution >= 4 is 23.4 Å². The van der Waals surface area contributed by atoms with Crippen molar-refractivity contribution < 1.29 is 14.4 Å². The quantitative estimate of drug-likeness (QED) is 0.893. The molecule has 0 aromatic heterocycles. The van der Waals surface area contributed by atoms with Crippen LogP contribution in [0, 0.1) is 0 Å². The average molecular weight is 315 g/mol. The van der Waals surface area contributed by atoms with Gasteiger partial charge in [-0.05, 0) is 30.2 Å². The van der Waals surface area contributed by atoms with Crippen LogP contribution in [-0.2, 0) is 16.0 Å². The van der Waals surface area contributed by atoms with E-state index in [4.69, 9.17) is 0 Å². The average Bonchev–Trinajstić information content (AvgIpc) is 2.60. The number of fused-ring (bicyclic) bond motifs is 1. The lowest BCUT2D eigenvalue weighted by molar-refractivity contribution is -0.132. The van der Waals surface area contributed by atoms with Crippen molar-refractivity contribution in [2.45, 2.75) is 26.2 Å². The molecule has 23 heavy (non-hydrogen) atoms. The van der Waals surface area contributed by atoms with Crippen LogP contribution >= 0.6 is 0 Å². The highest BCUT2D eigenvalue weighted by atomic mass is 16.2. The van der Waals surface area contributed by atoms with Gasteiger partial charge in [0.2, 0.25) is 11.8 Å². The zero-order valence-corrected chi connectivity index (χ0v) is 13.3. The van der Waals surface area contributed by atoms with Crippen molar-refractivity contribution in [2.75, 3.05) is 31.5 Å². The Morgan fingerprint density at radius 3 is 2.48 bits per heavy atom. The Hall–Kier alpha value is -2.37. The van der Waals surface area contributed by atoms with E-state index in [2.05, 4.69) is 5.32 Å². The number of rotatable bonds is 2. The van der Waals surface area contributed by atoms with E-state index >= 15 is 0 Å². The van der Waals surface area contributed by atoms with Crippen molar-refractivity contribution in [3.63, 3.8) is 0 Å². The summed E-state index contributed by atoms with van der Waals surface area (Å²) in [5.41, 5.74) is 2.46. The molecule has 2 heterocycles. The minimum atomic E-state index is -0.00621. The summed E-state index contributed by atoms with van der Waals surface area (Å²) in [6.45, 7) is 4.18. The zero-order valence-electron chi connectivity index (χ0n) is 13.3. The number of carbonyl (C=O) groups is 3. The van der Waals surface area contributed by atoms with Crippen LogP contribution in [0.3, 0.4) is 0 Å². The lowest BCUT2D eigenvalue weighted by Gasteiger charge is -2.34. The SMILES string of the molecule is CCC(=O)N1CCN(C(=O)c2ccc3c(c2)CCC(=O)N3)CC1. The van der Waals surface area contributed by atoms with E-state index in [1.54, 1.807) is 17.0 Å². The molecule has 6 heteroatoms. The Morgan fingerprint density at radius 2 is 1.78 bits per heavy atom. The second-order valence-electron chi connectivity index (χ2n) is 5.95. The summed E-state index contributed by atoms with van der Waals surface area (Å²) >= 11 is 0. The topological polar surface area (TPSA) is 69.7 Å². The van der Waals surface area contributed by atoms with Gasteiger partial charge in [0, 0.05) is 50.3 Å². The first-order valence-electron chi connectivity index (χ1n) is 8.08. The summed E-state index contributed by atoms with van der Waals surface area (Å²) in [5.74, 6) is 0.156. The number of carbonyl (C=O) groups excluding carboxylic acids is 3. The number of aryl methyl sites for hydroxylation is 1. The molecule has 6 nitrogen and oxygen atoms in total. The molecule has 3 amide bonds. The molecule has 0 unspecified atom stereocenters. The molecule has 0 spiro atoms. The van der Waals surface area contributed by atoms with Crippen LogP contribution in [0.4, 0.5) is 5.69 Å². The first-order chi connectivity index (χ1) is 11.1. The van der Waals surface area contributed by atoms with E-state index < -0.39 is 0 Å². The number of benzene rings is 1. The molecule has 2 aliphatic rings. The monoisotopic (exact) mass is 315 g/mol. The highest BCUT2D eigenvalue weighted by Gasteiger charge is 2.25. The van der Waals surface area contributed by atoms with Gasteiger partial charge in [0.15, 0.2) is 0 Å². The van der Waals surface area contributed by atoms with Crippen LogP contribution in [0.5, 0.6) is 0 Å². The van der Waals surface area contributed by atoms with Gasteiger partial charge in [0.1, 0.15) is 0 Å². The second-order valence-corrected chi connectivity index (χ2v) is 5.95. The van der Waals surface area contributed by atoms with Gasteiger partial charge in [0.25, 0.3) is 5.91 Å². The Labute approximate surface area is 135 Å². The second kappa shape index (κ2) is 6.40. The Kier molecular flexibility index (Phi) is 4.32. The highest BCUT2D eigenvalue weighted by Crippen LogP contribution is 2.24. The third-order valence-corrected chi connectivity index (χ3v) is 4.47. The summed E-state index contributed by atoms with van der Waals surface area (Å²) in [7, 11) is 0. The van der Waals surface area contributed by atoms with Gasteiger partial charge in [-0.2, -0.15) is 0 Å². The third kappa shape index (κ3) is 3.21. The maximum atomic E-state index is 12.6. The lowest BCUT2D eigenvalue weighted by atomic mass is 10.00. The first kappa shape index (κ1) is 15.5. The summed E-state index contributed by atoms with van der Waals surface area (Å²) in [6.07, 6.45) is 1.63. The number of hydrogen-bond donors (Lipinski definition) is 1. The molecule has 1 aromatic rings. The zero-order chi connectivity index (χ0) is 16.4. The molecule has 1 aromatic carbocycles. The van der Waals surface area contributed by atoms with E-state index in [0.717, 1.165) is 11.3 Å². The fraction of sp³-hybridized carbons (Fsp3) is 0.471. The van der Waals surface area contributed by atoms with E-state index in [0.29, 0.717) is 51.0 Å². The van der Waals surface area contributed by atoms with Crippen molar-refractivity contribution in [1.29, 1.82) is 0 Å². The van der Waals surface area contributed by atoms with Gasteiger partial charge in [-0.15, -0.1) is 0 Å². The summed E-state index contributed by atoms with van der Waals surface area (Å²) in [6, 6.07) is 5.44. The minimum absolute atomic E-state index is 0.00621. The van der Waals surface area contributed by atoms with Crippen LogP contribution in [0.1, 0.15) is 35.7 Å². The summed E-state index contributed by atoms with van der Waals surface area (Å²) < 4.78 is 0.